The monoisotopic (exact) mass is 413 g/mol. The zero-order valence-electron chi connectivity index (χ0n) is 16.3. The van der Waals surface area contributed by atoms with E-state index >= 15 is 0 Å². The van der Waals surface area contributed by atoms with Crippen molar-refractivity contribution >= 4 is 11.6 Å². The molecule has 1 atom stereocenters. The van der Waals surface area contributed by atoms with Gasteiger partial charge in [-0.15, -0.1) is 0 Å². The number of hydrogen-bond acceptors (Lipinski definition) is 3. The van der Waals surface area contributed by atoms with Crippen molar-refractivity contribution in [2.45, 2.75) is 25.8 Å². The van der Waals surface area contributed by atoms with Crippen molar-refractivity contribution < 1.29 is 9.50 Å². The first kappa shape index (κ1) is 20.1. The van der Waals surface area contributed by atoms with Crippen LogP contribution in [-0.2, 0) is 13.0 Å². The molecule has 1 aromatic heterocycles. The first-order valence-electron chi connectivity index (χ1n) is 9.92. The summed E-state index contributed by atoms with van der Waals surface area (Å²) in [6.07, 6.45) is 6.67. The van der Waals surface area contributed by atoms with Gasteiger partial charge in [-0.3, -0.25) is 4.90 Å². The van der Waals surface area contributed by atoms with Gasteiger partial charge in [0.15, 0.2) is 0 Å². The average molecular weight is 414 g/mol. The van der Waals surface area contributed by atoms with Crippen LogP contribution in [0, 0.1) is 11.2 Å². The molecule has 4 nitrogen and oxygen atoms in total. The molecule has 1 aliphatic heterocycles. The van der Waals surface area contributed by atoms with Gasteiger partial charge in [-0.2, -0.15) is 5.10 Å². The number of hydrogen-bond donors (Lipinski definition) is 1. The highest BCUT2D eigenvalue weighted by molar-refractivity contribution is 6.30. The molecular formula is C23H25ClFN3O. The summed E-state index contributed by atoms with van der Waals surface area (Å²) in [6.45, 7) is 2.71. The molecule has 3 aromatic rings. The van der Waals surface area contributed by atoms with E-state index in [4.69, 9.17) is 11.6 Å². The molecule has 0 amide bonds. The maximum absolute atomic E-state index is 13.2. The first-order valence-corrected chi connectivity index (χ1v) is 10.3. The summed E-state index contributed by atoms with van der Waals surface area (Å²) in [5.41, 5.74) is 2.93. The zero-order chi connectivity index (χ0) is 20.3. The number of aliphatic hydroxyl groups excluding tert-OH is 1. The van der Waals surface area contributed by atoms with E-state index in [0.29, 0.717) is 5.02 Å². The minimum absolute atomic E-state index is 0.128. The van der Waals surface area contributed by atoms with Gasteiger partial charge in [-0.1, -0.05) is 29.8 Å². The fourth-order valence-corrected chi connectivity index (χ4v) is 4.45. The Hall–Kier alpha value is -2.21. The number of piperidine rings is 1. The summed E-state index contributed by atoms with van der Waals surface area (Å²) in [7, 11) is 0. The third-order valence-corrected chi connectivity index (χ3v) is 5.92. The highest BCUT2D eigenvalue weighted by Crippen LogP contribution is 2.34. The molecule has 1 aliphatic rings. The van der Waals surface area contributed by atoms with Gasteiger partial charge in [0.05, 0.1) is 18.5 Å². The Morgan fingerprint density at radius 3 is 2.72 bits per heavy atom. The molecule has 0 radical (unpaired) electrons. The average Bonchev–Trinajstić information content (AvgIpc) is 3.18. The lowest BCUT2D eigenvalue weighted by molar-refractivity contribution is 0.0288. The molecule has 152 valence electrons. The number of nitrogens with zero attached hydrogens (tertiary/aromatic N) is 3. The van der Waals surface area contributed by atoms with Crippen LogP contribution in [0.5, 0.6) is 0 Å². The maximum Gasteiger partial charge on any atom is 0.123 e. The van der Waals surface area contributed by atoms with E-state index in [1.807, 2.05) is 53.5 Å². The molecule has 1 saturated heterocycles. The SMILES string of the molecule is OC[C@@]1(Cc2ccc(F)cc2)CCCN(Cc2cnn(-c3cccc(Cl)c3)c2)C1. The van der Waals surface area contributed by atoms with Crippen molar-refractivity contribution in [3.63, 3.8) is 0 Å². The van der Waals surface area contributed by atoms with Crippen molar-refractivity contribution in [2.24, 2.45) is 5.41 Å². The van der Waals surface area contributed by atoms with Gasteiger partial charge < -0.3 is 5.11 Å². The van der Waals surface area contributed by atoms with Gasteiger partial charge in [0, 0.05) is 35.3 Å². The van der Waals surface area contributed by atoms with E-state index in [9.17, 15) is 9.50 Å². The number of likely N-dealkylation sites (tertiary alicyclic amines) is 1. The van der Waals surface area contributed by atoms with E-state index in [-0.39, 0.29) is 17.8 Å². The second-order valence-electron chi connectivity index (χ2n) is 8.05. The van der Waals surface area contributed by atoms with E-state index in [2.05, 4.69) is 10.00 Å². The van der Waals surface area contributed by atoms with Crippen LogP contribution in [0.15, 0.2) is 60.9 Å². The summed E-state index contributed by atoms with van der Waals surface area (Å²) < 4.78 is 15.1. The highest BCUT2D eigenvalue weighted by atomic mass is 35.5. The predicted molar refractivity (Wildman–Crippen MR) is 113 cm³/mol. The normalized spacial score (nSPS) is 20.1. The Labute approximate surface area is 175 Å². The fourth-order valence-electron chi connectivity index (χ4n) is 4.27. The van der Waals surface area contributed by atoms with Crippen LogP contribution >= 0.6 is 11.6 Å². The van der Waals surface area contributed by atoms with E-state index < -0.39 is 0 Å². The lowest BCUT2D eigenvalue weighted by atomic mass is 9.75. The van der Waals surface area contributed by atoms with Crippen LogP contribution in [0.2, 0.25) is 5.02 Å². The summed E-state index contributed by atoms with van der Waals surface area (Å²) in [6, 6.07) is 14.2. The van der Waals surface area contributed by atoms with Gasteiger partial charge in [0.2, 0.25) is 0 Å². The van der Waals surface area contributed by atoms with Gasteiger partial charge in [0.1, 0.15) is 5.82 Å². The minimum atomic E-state index is -0.228. The second-order valence-corrected chi connectivity index (χ2v) is 8.49. The van der Waals surface area contributed by atoms with Gasteiger partial charge in [0.25, 0.3) is 0 Å². The number of aliphatic hydroxyl groups is 1. The van der Waals surface area contributed by atoms with Crippen LogP contribution in [0.4, 0.5) is 4.39 Å². The van der Waals surface area contributed by atoms with Gasteiger partial charge in [-0.05, 0) is 61.7 Å². The lowest BCUT2D eigenvalue weighted by Gasteiger charge is -2.42. The quantitative estimate of drug-likeness (QED) is 0.647. The van der Waals surface area contributed by atoms with E-state index in [1.165, 1.54) is 12.1 Å². The summed E-state index contributed by atoms with van der Waals surface area (Å²) in [5, 5.41) is 15.3. The Morgan fingerprint density at radius 2 is 1.97 bits per heavy atom. The van der Waals surface area contributed by atoms with Crippen LogP contribution in [0.3, 0.4) is 0 Å². The third-order valence-electron chi connectivity index (χ3n) is 5.68. The molecule has 6 heteroatoms. The molecule has 2 heterocycles. The fraction of sp³-hybridized carbons (Fsp3) is 0.348. The second kappa shape index (κ2) is 8.66. The Bertz CT molecular complexity index is 959. The Kier molecular flexibility index (Phi) is 5.99. The number of benzene rings is 2. The van der Waals surface area contributed by atoms with Crippen molar-refractivity contribution in [3.8, 4) is 5.69 Å². The van der Waals surface area contributed by atoms with Crippen molar-refractivity contribution in [1.29, 1.82) is 0 Å². The molecular weight excluding hydrogens is 389 g/mol. The Morgan fingerprint density at radius 1 is 1.14 bits per heavy atom. The molecule has 4 rings (SSSR count). The Balaban J connectivity index is 1.45. The van der Waals surface area contributed by atoms with Gasteiger partial charge in [-0.25, -0.2) is 9.07 Å². The smallest absolute Gasteiger partial charge is 0.123 e. The molecule has 0 unspecified atom stereocenters. The number of rotatable bonds is 6. The largest absolute Gasteiger partial charge is 0.396 e. The molecule has 0 bridgehead atoms. The molecule has 0 aliphatic carbocycles. The zero-order valence-corrected chi connectivity index (χ0v) is 17.0. The predicted octanol–water partition coefficient (Wildman–Crippen LogP) is 4.48. The van der Waals surface area contributed by atoms with Crippen molar-refractivity contribution in [1.82, 2.24) is 14.7 Å². The summed E-state index contributed by atoms with van der Waals surface area (Å²) in [4.78, 5) is 2.38. The number of aromatic nitrogens is 2. The number of halogens is 2. The van der Waals surface area contributed by atoms with Crippen molar-refractivity contribution in [3.05, 3.63) is 82.9 Å². The summed E-state index contributed by atoms with van der Waals surface area (Å²) >= 11 is 6.09. The highest BCUT2D eigenvalue weighted by Gasteiger charge is 2.35. The molecule has 0 saturated carbocycles. The lowest BCUT2D eigenvalue weighted by Crippen LogP contribution is -2.46. The summed E-state index contributed by atoms with van der Waals surface area (Å²) in [5.74, 6) is -0.228. The van der Waals surface area contributed by atoms with Gasteiger partial charge >= 0.3 is 0 Å². The third kappa shape index (κ3) is 4.86. The van der Waals surface area contributed by atoms with Crippen molar-refractivity contribution in [2.75, 3.05) is 19.7 Å². The van der Waals surface area contributed by atoms with Crippen LogP contribution in [0.25, 0.3) is 5.69 Å². The van der Waals surface area contributed by atoms with E-state index in [0.717, 1.165) is 55.7 Å². The van der Waals surface area contributed by atoms with Crippen LogP contribution < -0.4 is 0 Å². The van der Waals surface area contributed by atoms with Crippen LogP contribution in [-0.4, -0.2) is 39.5 Å². The molecule has 0 spiro atoms. The topological polar surface area (TPSA) is 41.3 Å². The molecule has 29 heavy (non-hydrogen) atoms. The van der Waals surface area contributed by atoms with E-state index in [1.54, 1.807) is 0 Å². The molecule has 1 N–H and O–H groups in total. The maximum atomic E-state index is 13.2. The standard InChI is InChI=1S/C23H25ClFN3O/c24-20-3-1-4-22(11-20)28-15-19(13-26-28)14-27-10-2-9-23(16-27,17-29)12-18-5-7-21(25)8-6-18/h1,3-8,11,13,15,29H,2,9-10,12,14,16-17H2/t23-/m1/s1. The molecule has 2 aromatic carbocycles. The van der Waals surface area contributed by atoms with Crippen LogP contribution in [0.1, 0.15) is 24.0 Å². The first-order chi connectivity index (χ1) is 14.0. The molecule has 1 fully saturated rings. The minimum Gasteiger partial charge on any atom is -0.396 e.